The van der Waals surface area contributed by atoms with E-state index in [9.17, 15) is 0 Å². The second-order valence-electron chi connectivity index (χ2n) is 5.10. The van der Waals surface area contributed by atoms with Crippen molar-refractivity contribution in [2.24, 2.45) is 0 Å². The lowest BCUT2D eigenvalue weighted by molar-refractivity contribution is 0.268. The molecule has 21 heavy (non-hydrogen) atoms. The fourth-order valence-electron chi connectivity index (χ4n) is 2.17. The summed E-state index contributed by atoms with van der Waals surface area (Å²) in [5.74, 6) is 0.967. The highest BCUT2D eigenvalue weighted by Gasteiger charge is 2.06. The van der Waals surface area contributed by atoms with Crippen LogP contribution in [-0.4, -0.2) is 28.0 Å². The van der Waals surface area contributed by atoms with Crippen molar-refractivity contribution in [1.29, 1.82) is 0 Å². The molecule has 0 aromatic carbocycles. The topological polar surface area (TPSA) is 41.0 Å². The van der Waals surface area contributed by atoms with Gasteiger partial charge in [-0.1, -0.05) is 19.9 Å². The number of hydrogen-bond acceptors (Lipinski definition) is 4. The van der Waals surface area contributed by atoms with E-state index in [0.29, 0.717) is 0 Å². The molecule has 0 aliphatic heterocycles. The maximum Gasteiger partial charge on any atom is 0.126 e. The molecule has 0 atom stereocenters. The van der Waals surface area contributed by atoms with Crippen molar-refractivity contribution >= 4 is 5.82 Å². The Morgan fingerprint density at radius 2 is 1.86 bits per heavy atom. The van der Waals surface area contributed by atoms with Gasteiger partial charge < -0.3 is 5.32 Å². The maximum absolute atomic E-state index is 4.67. The van der Waals surface area contributed by atoms with Gasteiger partial charge in [-0.25, -0.2) is 4.98 Å². The van der Waals surface area contributed by atoms with Gasteiger partial charge in [-0.15, -0.1) is 0 Å². The van der Waals surface area contributed by atoms with E-state index in [0.717, 1.165) is 44.1 Å². The quantitative estimate of drug-likeness (QED) is 0.807. The molecule has 0 amide bonds. The molecule has 0 unspecified atom stereocenters. The molecule has 0 radical (unpaired) electrons. The lowest BCUT2D eigenvalue weighted by Gasteiger charge is -2.20. The summed E-state index contributed by atoms with van der Waals surface area (Å²) >= 11 is 0. The molecule has 2 aromatic rings. The van der Waals surface area contributed by atoms with Crippen LogP contribution in [0.4, 0.5) is 5.82 Å². The van der Waals surface area contributed by atoms with Crippen molar-refractivity contribution in [1.82, 2.24) is 14.9 Å². The minimum atomic E-state index is 0.862. The van der Waals surface area contributed by atoms with Gasteiger partial charge in [-0.2, -0.15) is 0 Å². The Labute approximate surface area is 127 Å². The zero-order valence-corrected chi connectivity index (χ0v) is 12.9. The van der Waals surface area contributed by atoms with Crippen LogP contribution in [0.5, 0.6) is 0 Å². The molecule has 4 heteroatoms. The molecule has 0 bridgehead atoms. The first-order chi connectivity index (χ1) is 10.3. The van der Waals surface area contributed by atoms with E-state index in [4.69, 9.17) is 0 Å². The third-order valence-electron chi connectivity index (χ3n) is 3.35. The van der Waals surface area contributed by atoms with Gasteiger partial charge in [0.15, 0.2) is 0 Å². The van der Waals surface area contributed by atoms with Crippen molar-refractivity contribution in [2.45, 2.75) is 33.4 Å². The summed E-state index contributed by atoms with van der Waals surface area (Å²) in [5, 5.41) is 3.34. The van der Waals surface area contributed by atoms with Crippen LogP contribution in [0.2, 0.25) is 0 Å². The van der Waals surface area contributed by atoms with Crippen molar-refractivity contribution in [2.75, 3.05) is 18.4 Å². The maximum atomic E-state index is 4.67. The fraction of sp³-hybridized carbons (Fsp3) is 0.412. The van der Waals surface area contributed by atoms with E-state index in [1.165, 1.54) is 5.56 Å². The monoisotopic (exact) mass is 284 g/mol. The summed E-state index contributed by atoms with van der Waals surface area (Å²) in [4.78, 5) is 11.1. The highest BCUT2D eigenvalue weighted by molar-refractivity contribution is 5.35. The molecule has 112 valence electrons. The van der Waals surface area contributed by atoms with Gasteiger partial charge >= 0.3 is 0 Å². The lowest BCUT2D eigenvalue weighted by Crippen LogP contribution is -2.23. The summed E-state index contributed by atoms with van der Waals surface area (Å²) in [6, 6.07) is 10.3. The van der Waals surface area contributed by atoms with Gasteiger partial charge in [0.05, 0.1) is 5.69 Å². The number of rotatable bonds is 8. The van der Waals surface area contributed by atoms with Crippen molar-refractivity contribution in [3.63, 3.8) is 0 Å². The second-order valence-corrected chi connectivity index (χ2v) is 5.10. The molecule has 0 aliphatic rings. The van der Waals surface area contributed by atoms with Crippen molar-refractivity contribution < 1.29 is 0 Å². The molecule has 0 saturated heterocycles. The average Bonchev–Trinajstić information content (AvgIpc) is 2.53. The molecule has 0 spiro atoms. The minimum absolute atomic E-state index is 0.862. The predicted molar refractivity (Wildman–Crippen MR) is 87.0 cm³/mol. The molecule has 2 rings (SSSR count). The second kappa shape index (κ2) is 8.37. The van der Waals surface area contributed by atoms with E-state index in [1.807, 2.05) is 18.5 Å². The Morgan fingerprint density at radius 1 is 1.05 bits per heavy atom. The van der Waals surface area contributed by atoms with E-state index in [1.54, 1.807) is 0 Å². The first kappa shape index (κ1) is 15.4. The highest BCUT2D eigenvalue weighted by Crippen LogP contribution is 2.10. The van der Waals surface area contributed by atoms with E-state index >= 15 is 0 Å². The third-order valence-corrected chi connectivity index (χ3v) is 3.35. The molecular weight excluding hydrogens is 260 g/mol. The Hall–Kier alpha value is -1.94. The number of aromatic nitrogens is 2. The normalized spacial score (nSPS) is 10.8. The van der Waals surface area contributed by atoms with Crippen LogP contribution in [0.25, 0.3) is 0 Å². The number of pyridine rings is 2. The summed E-state index contributed by atoms with van der Waals surface area (Å²) in [6.07, 6.45) is 4.79. The summed E-state index contributed by atoms with van der Waals surface area (Å²) in [5.41, 5.74) is 2.39. The largest absolute Gasteiger partial charge is 0.370 e. The van der Waals surface area contributed by atoms with Gasteiger partial charge in [0.25, 0.3) is 0 Å². The van der Waals surface area contributed by atoms with Crippen LogP contribution in [0.3, 0.4) is 0 Å². The Morgan fingerprint density at radius 3 is 2.57 bits per heavy atom. The minimum Gasteiger partial charge on any atom is -0.370 e. The number of hydrogen-bond donors (Lipinski definition) is 1. The van der Waals surface area contributed by atoms with Crippen LogP contribution >= 0.6 is 0 Å². The van der Waals surface area contributed by atoms with Gasteiger partial charge in [-0.05, 0) is 42.8 Å². The van der Waals surface area contributed by atoms with Crippen LogP contribution in [0.15, 0.2) is 42.7 Å². The third kappa shape index (κ3) is 5.16. The molecule has 0 saturated carbocycles. The van der Waals surface area contributed by atoms with Crippen LogP contribution in [-0.2, 0) is 13.1 Å². The Kier molecular flexibility index (Phi) is 6.16. The lowest BCUT2D eigenvalue weighted by atomic mass is 10.2. The van der Waals surface area contributed by atoms with Crippen LogP contribution < -0.4 is 5.32 Å². The van der Waals surface area contributed by atoms with Gasteiger partial charge in [-0.3, -0.25) is 9.88 Å². The molecule has 2 aromatic heterocycles. The van der Waals surface area contributed by atoms with E-state index in [2.05, 4.69) is 58.3 Å². The SMILES string of the molecule is CCCNc1cccc(CN(CC)Cc2ccncc2)n1. The van der Waals surface area contributed by atoms with Crippen LogP contribution in [0.1, 0.15) is 31.5 Å². The molecular formula is C17H24N4. The number of nitrogens with zero attached hydrogens (tertiary/aromatic N) is 3. The fourth-order valence-corrected chi connectivity index (χ4v) is 2.17. The van der Waals surface area contributed by atoms with Crippen molar-refractivity contribution in [3.8, 4) is 0 Å². The van der Waals surface area contributed by atoms with E-state index < -0.39 is 0 Å². The first-order valence-electron chi connectivity index (χ1n) is 7.63. The number of anilines is 1. The van der Waals surface area contributed by atoms with Gasteiger partial charge in [0, 0.05) is 32.0 Å². The average molecular weight is 284 g/mol. The molecule has 0 fully saturated rings. The Bertz CT molecular complexity index is 527. The van der Waals surface area contributed by atoms with Crippen molar-refractivity contribution in [3.05, 3.63) is 54.0 Å². The summed E-state index contributed by atoms with van der Waals surface area (Å²) < 4.78 is 0. The zero-order chi connectivity index (χ0) is 14.9. The molecule has 4 nitrogen and oxygen atoms in total. The van der Waals surface area contributed by atoms with Gasteiger partial charge in [0.2, 0.25) is 0 Å². The highest BCUT2D eigenvalue weighted by atomic mass is 15.1. The molecule has 2 heterocycles. The smallest absolute Gasteiger partial charge is 0.126 e. The standard InChI is InChI=1S/C17H24N4/c1-3-10-19-17-7-5-6-16(20-17)14-21(4-2)13-15-8-11-18-12-9-15/h5-9,11-12H,3-4,10,13-14H2,1-2H3,(H,19,20). The predicted octanol–water partition coefficient (Wildman–Crippen LogP) is 3.32. The zero-order valence-electron chi connectivity index (χ0n) is 12.9. The van der Waals surface area contributed by atoms with Gasteiger partial charge in [0.1, 0.15) is 5.82 Å². The molecule has 1 N–H and O–H groups in total. The van der Waals surface area contributed by atoms with Crippen LogP contribution in [0, 0.1) is 0 Å². The number of nitrogens with one attached hydrogen (secondary N) is 1. The molecule has 0 aliphatic carbocycles. The first-order valence-corrected chi connectivity index (χ1v) is 7.63. The van der Waals surface area contributed by atoms with E-state index in [-0.39, 0.29) is 0 Å². The Balaban J connectivity index is 1.98. The summed E-state index contributed by atoms with van der Waals surface area (Å²) in [6.45, 7) is 8.08. The summed E-state index contributed by atoms with van der Waals surface area (Å²) in [7, 11) is 0.